The van der Waals surface area contributed by atoms with Crippen molar-refractivity contribution in [3.05, 3.63) is 74.7 Å². The number of esters is 1. The van der Waals surface area contributed by atoms with Gasteiger partial charge in [0.25, 0.3) is 0 Å². The Morgan fingerprint density at radius 2 is 1.93 bits per heavy atom. The number of aryl methyl sites for hydroxylation is 2. The molecule has 0 aliphatic rings. The molecular formula is C21H19BrN2O3S. The minimum atomic E-state index is -0.423. The zero-order valence-electron chi connectivity index (χ0n) is 15.7. The highest BCUT2D eigenvalue weighted by atomic mass is 79.9. The second-order valence-corrected chi connectivity index (χ2v) is 8.08. The summed E-state index contributed by atoms with van der Waals surface area (Å²) < 4.78 is 6.15. The number of anilines is 2. The van der Waals surface area contributed by atoms with Gasteiger partial charge in [0.05, 0.1) is 16.9 Å². The Morgan fingerprint density at radius 1 is 1.14 bits per heavy atom. The molecule has 28 heavy (non-hydrogen) atoms. The summed E-state index contributed by atoms with van der Waals surface area (Å²) in [4.78, 5) is 30.5. The number of halogens is 1. The lowest BCUT2D eigenvalue weighted by Crippen LogP contribution is -2.22. The van der Waals surface area contributed by atoms with E-state index in [4.69, 9.17) is 4.74 Å². The van der Waals surface area contributed by atoms with E-state index in [1.54, 1.807) is 28.5 Å². The number of hydrogen-bond donors (Lipinski definition) is 0. The summed E-state index contributed by atoms with van der Waals surface area (Å²) in [7, 11) is 0. The van der Waals surface area contributed by atoms with Crippen molar-refractivity contribution in [2.45, 2.75) is 27.4 Å². The van der Waals surface area contributed by atoms with E-state index in [0.717, 1.165) is 21.3 Å². The molecule has 0 radical (unpaired) electrons. The molecule has 0 N–H and O–H groups in total. The lowest BCUT2D eigenvalue weighted by atomic mass is 10.1. The maximum Gasteiger partial charge on any atom is 0.338 e. The van der Waals surface area contributed by atoms with Crippen molar-refractivity contribution in [3.63, 3.8) is 0 Å². The number of hydrogen-bond acceptors (Lipinski definition) is 5. The molecule has 0 aliphatic carbocycles. The third-order valence-corrected chi connectivity index (χ3v) is 5.57. The summed E-state index contributed by atoms with van der Waals surface area (Å²) in [6.45, 7) is 5.58. The quantitative estimate of drug-likeness (QED) is 0.469. The maximum absolute atomic E-state index is 12.2. The summed E-state index contributed by atoms with van der Waals surface area (Å²) in [6.07, 6.45) is 0. The van der Waals surface area contributed by atoms with Crippen LogP contribution < -0.4 is 4.90 Å². The molecule has 1 amide bonds. The predicted octanol–water partition coefficient (Wildman–Crippen LogP) is 5.56. The van der Waals surface area contributed by atoms with Crippen molar-refractivity contribution in [2.75, 3.05) is 4.90 Å². The SMILES string of the molecule is CC(=O)N(c1ccc(C)c(C)c1)c1nc(COC(=O)c2cccc(Br)c2)cs1. The number of carbonyl (C=O) groups is 2. The smallest absolute Gasteiger partial charge is 0.338 e. The molecular weight excluding hydrogens is 440 g/mol. The van der Waals surface area contributed by atoms with Crippen molar-refractivity contribution < 1.29 is 14.3 Å². The van der Waals surface area contributed by atoms with Crippen LogP contribution in [0.1, 0.15) is 34.1 Å². The van der Waals surface area contributed by atoms with E-state index in [1.165, 1.54) is 18.3 Å². The second-order valence-electron chi connectivity index (χ2n) is 6.33. The third-order valence-electron chi connectivity index (χ3n) is 4.21. The fraction of sp³-hybridized carbons (Fsp3) is 0.190. The van der Waals surface area contributed by atoms with Gasteiger partial charge in [0, 0.05) is 16.8 Å². The van der Waals surface area contributed by atoms with Crippen LogP contribution in [0.5, 0.6) is 0 Å². The lowest BCUT2D eigenvalue weighted by Gasteiger charge is -2.19. The number of amides is 1. The van der Waals surface area contributed by atoms with Gasteiger partial charge in [-0.3, -0.25) is 9.69 Å². The van der Waals surface area contributed by atoms with Crippen LogP contribution in [0.15, 0.2) is 52.3 Å². The third kappa shape index (κ3) is 4.66. The Balaban J connectivity index is 1.75. The molecule has 5 nitrogen and oxygen atoms in total. The molecule has 3 rings (SSSR count). The summed E-state index contributed by atoms with van der Waals surface area (Å²) in [5.41, 5.74) is 4.08. The number of thiazole rings is 1. The van der Waals surface area contributed by atoms with Gasteiger partial charge < -0.3 is 4.74 Å². The number of ether oxygens (including phenoxy) is 1. The van der Waals surface area contributed by atoms with Crippen LogP contribution in [0.25, 0.3) is 0 Å². The molecule has 0 fully saturated rings. The molecule has 3 aromatic rings. The zero-order chi connectivity index (χ0) is 20.3. The van der Waals surface area contributed by atoms with E-state index in [-0.39, 0.29) is 12.5 Å². The second kappa shape index (κ2) is 8.67. The average molecular weight is 459 g/mol. The maximum atomic E-state index is 12.2. The number of carbonyl (C=O) groups excluding carboxylic acids is 2. The normalized spacial score (nSPS) is 10.6. The van der Waals surface area contributed by atoms with Crippen LogP contribution in [0.2, 0.25) is 0 Å². The molecule has 0 bridgehead atoms. The standard InChI is InChI=1S/C21H19BrN2O3S/c1-13-7-8-19(9-14(13)2)24(15(3)25)21-23-18(12-28-21)11-27-20(26)16-5-4-6-17(22)10-16/h4-10,12H,11H2,1-3H3. The van der Waals surface area contributed by atoms with E-state index in [2.05, 4.69) is 20.9 Å². The van der Waals surface area contributed by atoms with Crippen molar-refractivity contribution in [2.24, 2.45) is 0 Å². The summed E-state index contributed by atoms with van der Waals surface area (Å²) >= 11 is 4.67. The molecule has 2 aromatic carbocycles. The molecule has 144 valence electrons. The minimum absolute atomic E-state index is 0.0422. The highest BCUT2D eigenvalue weighted by Gasteiger charge is 2.19. The van der Waals surface area contributed by atoms with E-state index < -0.39 is 5.97 Å². The predicted molar refractivity (Wildman–Crippen MR) is 114 cm³/mol. The topological polar surface area (TPSA) is 59.5 Å². The molecule has 7 heteroatoms. The Hall–Kier alpha value is -2.51. The first-order valence-corrected chi connectivity index (χ1v) is 10.3. The fourth-order valence-electron chi connectivity index (χ4n) is 2.60. The molecule has 0 saturated carbocycles. The van der Waals surface area contributed by atoms with Gasteiger partial charge in [-0.25, -0.2) is 9.78 Å². The molecule has 0 aliphatic heterocycles. The van der Waals surface area contributed by atoms with Crippen molar-refractivity contribution in [3.8, 4) is 0 Å². The fourth-order valence-corrected chi connectivity index (χ4v) is 3.87. The average Bonchev–Trinajstić information content (AvgIpc) is 3.11. The van der Waals surface area contributed by atoms with Crippen LogP contribution >= 0.6 is 27.3 Å². The van der Waals surface area contributed by atoms with E-state index >= 15 is 0 Å². The first-order chi connectivity index (χ1) is 13.3. The molecule has 0 spiro atoms. The van der Waals surface area contributed by atoms with Crippen LogP contribution in [0, 0.1) is 13.8 Å². The molecule has 0 unspecified atom stereocenters. The van der Waals surface area contributed by atoms with E-state index in [1.807, 2.05) is 38.1 Å². The van der Waals surface area contributed by atoms with Crippen LogP contribution in [0.3, 0.4) is 0 Å². The van der Waals surface area contributed by atoms with Crippen LogP contribution in [0.4, 0.5) is 10.8 Å². The Kier molecular flexibility index (Phi) is 6.26. The lowest BCUT2D eigenvalue weighted by molar-refractivity contribution is -0.115. The summed E-state index contributed by atoms with van der Waals surface area (Å²) in [5.74, 6) is -0.552. The van der Waals surface area contributed by atoms with Gasteiger partial charge in [-0.2, -0.15) is 0 Å². The monoisotopic (exact) mass is 458 g/mol. The van der Waals surface area contributed by atoms with Crippen LogP contribution in [-0.2, 0) is 16.1 Å². The van der Waals surface area contributed by atoms with Gasteiger partial charge in [-0.1, -0.05) is 28.1 Å². The van der Waals surface area contributed by atoms with E-state index in [9.17, 15) is 9.59 Å². The van der Waals surface area contributed by atoms with E-state index in [0.29, 0.717) is 16.4 Å². The number of nitrogens with zero attached hydrogens (tertiary/aromatic N) is 2. The van der Waals surface area contributed by atoms with Crippen molar-refractivity contribution in [1.82, 2.24) is 4.98 Å². The largest absolute Gasteiger partial charge is 0.456 e. The van der Waals surface area contributed by atoms with Gasteiger partial charge in [0.1, 0.15) is 6.61 Å². The van der Waals surface area contributed by atoms with Crippen molar-refractivity contribution >= 4 is 50.0 Å². The number of benzene rings is 2. The minimum Gasteiger partial charge on any atom is -0.456 e. The van der Waals surface area contributed by atoms with Crippen molar-refractivity contribution in [1.29, 1.82) is 0 Å². The van der Waals surface area contributed by atoms with Gasteiger partial charge in [-0.15, -0.1) is 11.3 Å². The van der Waals surface area contributed by atoms with Gasteiger partial charge in [0.15, 0.2) is 5.13 Å². The van der Waals surface area contributed by atoms with Gasteiger partial charge >= 0.3 is 5.97 Å². The molecule has 0 atom stereocenters. The number of aromatic nitrogens is 1. The Labute approximate surface area is 176 Å². The van der Waals surface area contributed by atoms with Gasteiger partial charge in [0.2, 0.25) is 5.91 Å². The van der Waals surface area contributed by atoms with Gasteiger partial charge in [-0.05, 0) is 55.3 Å². The summed E-state index contributed by atoms with van der Waals surface area (Å²) in [6, 6.07) is 12.9. The first-order valence-electron chi connectivity index (χ1n) is 8.60. The van der Waals surface area contributed by atoms with Crippen LogP contribution in [-0.4, -0.2) is 16.9 Å². The highest BCUT2D eigenvalue weighted by molar-refractivity contribution is 9.10. The number of rotatable bonds is 5. The molecule has 1 aromatic heterocycles. The highest BCUT2D eigenvalue weighted by Crippen LogP contribution is 2.30. The zero-order valence-corrected chi connectivity index (χ0v) is 18.1. The molecule has 0 saturated heterocycles. The Bertz CT molecular complexity index is 1030. The summed E-state index contributed by atoms with van der Waals surface area (Å²) in [5, 5.41) is 2.34. The first kappa shape index (κ1) is 20.2. The Morgan fingerprint density at radius 3 is 2.61 bits per heavy atom. The molecule has 1 heterocycles.